The van der Waals surface area contributed by atoms with E-state index < -0.39 is 12.1 Å². The fourth-order valence-electron chi connectivity index (χ4n) is 4.47. The zero-order chi connectivity index (χ0) is 27.0. The van der Waals surface area contributed by atoms with Crippen molar-refractivity contribution in [2.24, 2.45) is 0 Å². The molecule has 2 atom stereocenters. The van der Waals surface area contributed by atoms with Gasteiger partial charge < -0.3 is 25.4 Å². The summed E-state index contributed by atoms with van der Waals surface area (Å²) in [6.07, 6.45) is 2.09. The van der Waals surface area contributed by atoms with E-state index in [-0.39, 0.29) is 30.3 Å². The molecule has 1 aliphatic carbocycles. The number of nitrogens with one attached hydrogen (secondary N) is 2. The molecule has 3 aromatic rings. The maximum absolute atomic E-state index is 11.8. The number of benzene rings is 1. The second kappa shape index (κ2) is 10.2. The number of nitrogens with zero attached hydrogens (tertiary/aromatic N) is 8. The maximum atomic E-state index is 11.8. The summed E-state index contributed by atoms with van der Waals surface area (Å²) < 4.78 is 6.85. The molecule has 1 aliphatic heterocycles. The number of hydrogen-bond donors (Lipinski definition) is 3. The molecule has 2 unspecified atom stereocenters. The van der Waals surface area contributed by atoms with E-state index >= 15 is 0 Å². The number of fused-ring (bicyclic) bond motifs is 1. The number of piperazine rings is 1. The quantitative estimate of drug-likeness (QED) is 0.405. The van der Waals surface area contributed by atoms with Crippen molar-refractivity contribution in [3.05, 3.63) is 34.6 Å². The molecule has 1 amide bonds. The number of carboxylic acid groups (broad SMARTS) is 1. The van der Waals surface area contributed by atoms with Crippen LogP contribution >= 0.6 is 11.6 Å². The van der Waals surface area contributed by atoms with Crippen LogP contribution in [-0.2, 0) is 4.74 Å². The van der Waals surface area contributed by atoms with Crippen molar-refractivity contribution in [1.82, 2.24) is 24.5 Å². The Morgan fingerprint density at radius 2 is 2.08 bits per heavy atom. The van der Waals surface area contributed by atoms with Crippen LogP contribution in [0.5, 0.6) is 0 Å². The number of aromatic nitrogens is 4. The Labute approximate surface area is 223 Å². The van der Waals surface area contributed by atoms with Gasteiger partial charge in [-0.2, -0.15) is 20.0 Å². The molecule has 3 N–H and O–H groups in total. The molecule has 3 heterocycles. The van der Waals surface area contributed by atoms with Gasteiger partial charge >= 0.3 is 6.09 Å². The minimum absolute atomic E-state index is 0.166. The molecule has 0 spiro atoms. The van der Waals surface area contributed by atoms with Gasteiger partial charge in [-0.3, -0.25) is 4.90 Å². The second-order valence-electron chi connectivity index (χ2n) is 9.22. The summed E-state index contributed by atoms with van der Waals surface area (Å²) in [4.78, 5) is 24.0. The van der Waals surface area contributed by atoms with Crippen LogP contribution in [0.4, 0.5) is 27.9 Å². The molecule has 0 bridgehead atoms. The third-order valence-electron chi connectivity index (χ3n) is 6.74. The number of halogens is 1. The van der Waals surface area contributed by atoms with Gasteiger partial charge in [-0.05, 0) is 31.9 Å². The van der Waals surface area contributed by atoms with Crippen molar-refractivity contribution in [3.8, 4) is 12.1 Å². The summed E-state index contributed by atoms with van der Waals surface area (Å²) in [5.41, 5.74) is 2.00. The first-order chi connectivity index (χ1) is 18.3. The normalized spacial score (nSPS) is 18.1. The van der Waals surface area contributed by atoms with Gasteiger partial charge in [0.2, 0.25) is 5.95 Å². The largest absolute Gasteiger partial charge is 0.465 e. The third kappa shape index (κ3) is 4.81. The van der Waals surface area contributed by atoms with Gasteiger partial charge in [-0.15, -0.1) is 5.10 Å². The molecule has 0 radical (unpaired) electrons. The number of nitriles is 2. The molecule has 38 heavy (non-hydrogen) atoms. The molecule has 2 aromatic heterocycles. The fourth-order valence-corrected chi connectivity index (χ4v) is 4.74. The van der Waals surface area contributed by atoms with Crippen molar-refractivity contribution >= 4 is 46.5 Å². The lowest BCUT2D eigenvalue weighted by atomic mass is 10.1. The van der Waals surface area contributed by atoms with Crippen LogP contribution in [0.2, 0.25) is 5.02 Å². The summed E-state index contributed by atoms with van der Waals surface area (Å²) >= 11 is 6.85. The average Bonchev–Trinajstić information content (AvgIpc) is 3.64. The van der Waals surface area contributed by atoms with E-state index in [1.54, 1.807) is 12.1 Å². The van der Waals surface area contributed by atoms with Gasteiger partial charge in [0, 0.05) is 32.8 Å². The first-order valence-electron chi connectivity index (χ1n) is 12.0. The van der Waals surface area contributed by atoms with Crippen molar-refractivity contribution in [2.75, 3.05) is 42.3 Å². The van der Waals surface area contributed by atoms with Crippen LogP contribution in [-0.4, -0.2) is 80.6 Å². The number of methoxy groups -OCH3 is 1. The number of carbonyl (C=O) groups is 1. The summed E-state index contributed by atoms with van der Waals surface area (Å²) in [5.74, 6) is 0.653. The van der Waals surface area contributed by atoms with Gasteiger partial charge in [0.15, 0.2) is 17.2 Å². The summed E-state index contributed by atoms with van der Waals surface area (Å²) in [7, 11) is 1.54. The smallest absolute Gasteiger partial charge is 0.407 e. The fraction of sp³-hybridized carbons (Fsp3) is 0.417. The van der Waals surface area contributed by atoms with Crippen LogP contribution in [0.25, 0.3) is 5.65 Å². The van der Waals surface area contributed by atoms with E-state index in [2.05, 4.69) is 37.8 Å². The molecule has 1 aromatic carbocycles. The standard InChI is InChI=1S/C24H25ClN10O3/c1-13(38-2)19-12-33(5-6-34(19)24(36)37)18-8-14(9-26)7-17(20(18)25)30-23-31-21(29-15-3-4-15)22-28-11-16(10-27)35(22)32-23/h7-8,11,13,15,19H,3-6,12H2,1-2H3,(H,36,37)(H2,29,30,31,32). The highest BCUT2D eigenvalue weighted by molar-refractivity contribution is 6.36. The lowest BCUT2D eigenvalue weighted by Gasteiger charge is -2.43. The van der Waals surface area contributed by atoms with E-state index in [0.717, 1.165) is 12.8 Å². The lowest BCUT2D eigenvalue weighted by molar-refractivity contribution is 0.0235. The number of amides is 1. The third-order valence-corrected chi connectivity index (χ3v) is 7.14. The van der Waals surface area contributed by atoms with Crippen LogP contribution in [0.15, 0.2) is 18.3 Å². The molecule has 2 fully saturated rings. The Morgan fingerprint density at radius 3 is 2.74 bits per heavy atom. The maximum Gasteiger partial charge on any atom is 0.407 e. The molecule has 196 valence electrons. The summed E-state index contributed by atoms with van der Waals surface area (Å²) in [6.45, 7) is 2.77. The van der Waals surface area contributed by atoms with Crippen LogP contribution in [0.3, 0.4) is 0 Å². The molecule has 1 saturated heterocycles. The first-order valence-corrected chi connectivity index (χ1v) is 12.4. The zero-order valence-corrected chi connectivity index (χ0v) is 21.5. The highest BCUT2D eigenvalue weighted by Gasteiger charge is 2.35. The van der Waals surface area contributed by atoms with E-state index in [0.29, 0.717) is 46.5 Å². The lowest BCUT2D eigenvalue weighted by Crippen LogP contribution is -2.59. The Bertz CT molecular complexity index is 1470. The van der Waals surface area contributed by atoms with Crippen molar-refractivity contribution in [1.29, 1.82) is 10.5 Å². The Kier molecular flexibility index (Phi) is 6.80. The van der Waals surface area contributed by atoms with Crippen molar-refractivity contribution < 1.29 is 14.6 Å². The molecule has 14 heteroatoms. The monoisotopic (exact) mass is 536 g/mol. The predicted molar refractivity (Wildman–Crippen MR) is 139 cm³/mol. The molecule has 2 aliphatic rings. The predicted octanol–water partition coefficient (Wildman–Crippen LogP) is 3.04. The number of anilines is 4. The average molecular weight is 537 g/mol. The van der Waals surface area contributed by atoms with Gasteiger partial charge in [0.25, 0.3) is 0 Å². The van der Waals surface area contributed by atoms with Crippen molar-refractivity contribution in [3.63, 3.8) is 0 Å². The van der Waals surface area contributed by atoms with Gasteiger partial charge in [0.05, 0.1) is 46.4 Å². The molecular weight excluding hydrogens is 512 g/mol. The Balaban J connectivity index is 1.51. The minimum atomic E-state index is -1.02. The summed E-state index contributed by atoms with van der Waals surface area (Å²) in [5, 5.41) is 40.1. The second-order valence-corrected chi connectivity index (χ2v) is 9.60. The summed E-state index contributed by atoms with van der Waals surface area (Å²) in [6, 6.07) is 7.34. The van der Waals surface area contributed by atoms with Crippen LogP contribution in [0, 0.1) is 22.7 Å². The number of ether oxygens (including phenoxy) is 1. The number of hydrogen-bond acceptors (Lipinski definition) is 10. The van der Waals surface area contributed by atoms with Gasteiger partial charge in [-0.1, -0.05) is 11.6 Å². The molecule has 13 nitrogen and oxygen atoms in total. The minimum Gasteiger partial charge on any atom is -0.465 e. The van der Waals surface area contributed by atoms with E-state index in [4.69, 9.17) is 16.3 Å². The number of imidazole rings is 1. The van der Waals surface area contributed by atoms with Gasteiger partial charge in [0.1, 0.15) is 6.07 Å². The van der Waals surface area contributed by atoms with E-state index in [9.17, 15) is 20.4 Å². The van der Waals surface area contributed by atoms with Crippen LogP contribution < -0.4 is 15.5 Å². The Morgan fingerprint density at radius 1 is 1.29 bits per heavy atom. The Hall–Kier alpha value is -4.33. The van der Waals surface area contributed by atoms with Crippen molar-refractivity contribution in [2.45, 2.75) is 38.0 Å². The topological polar surface area (TPSA) is 168 Å². The zero-order valence-electron chi connectivity index (χ0n) is 20.7. The number of rotatable bonds is 7. The highest BCUT2D eigenvalue weighted by Crippen LogP contribution is 2.37. The van der Waals surface area contributed by atoms with E-state index in [1.807, 2.05) is 11.8 Å². The SMILES string of the molecule is COC(C)C1CN(c2cc(C#N)cc(Nc3nc(NC4CC4)c4ncc(C#N)n4n3)c2Cl)CCN1C(=O)O. The van der Waals surface area contributed by atoms with E-state index in [1.165, 1.54) is 22.7 Å². The molecular formula is C24H25ClN10O3. The molecule has 5 rings (SSSR count). The van der Waals surface area contributed by atoms with Gasteiger partial charge in [-0.25, -0.2) is 9.78 Å². The van der Waals surface area contributed by atoms with Crippen LogP contribution in [0.1, 0.15) is 31.0 Å². The molecule has 1 saturated carbocycles. The highest BCUT2D eigenvalue weighted by atomic mass is 35.5. The first kappa shape index (κ1) is 25.3.